The first-order chi connectivity index (χ1) is 14.2. The van der Waals surface area contributed by atoms with Crippen molar-refractivity contribution in [2.24, 2.45) is 11.3 Å². The second kappa shape index (κ2) is 19.0. The predicted octanol–water partition coefficient (Wildman–Crippen LogP) is 8.53. The number of benzene rings is 1. The molecule has 0 spiro atoms. The van der Waals surface area contributed by atoms with Gasteiger partial charge in [-0.3, -0.25) is 0 Å². The van der Waals surface area contributed by atoms with Crippen molar-refractivity contribution in [3.63, 3.8) is 0 Å². The van der Waals surface area contributed by atoms with E-state index in [4.69, 9.17) is 10.00 Å². The number of unbranched alkanes of at least 4 members (excludes halogenated alkanes) is 1. The van der Waals surface area contributed by atoms with Gasteiger partial charge in [-0.05, 0) is 55.9 Å². The van der Waals surface area contributed by atoms with Crippen LogP contribution in [0.5, 0.6) is 0 Å². The molecule has 1 saturated carbocycles. The van der Waals surface area contributed by atoms with Crippen LogP contribution in [0, 0.1) is 80.7 Å². The summed E-state index contributed by atoms with van der Waals surface area (Å²) in [7, 11) is 0. The van der Waals surface area contributed by atoms with Crippen molar-refractivity contribution in [3.8, 4) is 6.07 Å². The number of aryl methyl sites for hydroxylation is 2. The van der Waals surface area contributed by atoms with Gasteiger partial charge in [0.1, 0.15) is 0 Å². The fourth-order valence-corrected chi connectivity index (χ4v) is 3.58. The van der Waals surface area contributed by atoms with Gasteiger partial charge >= 0.3 is 31.1 Å². The number of allylic oxidation sites excluding steroid dienone is 2. The molecule has 1 unspecified atom stereocenters. The van der Waals surface area contributed by atoms with Crippen LogP contribution < -0.4 is 0 Å². The Morgan fingerprint density at radius 2 is 1.94 bits per heavy atom. The molecule has 2 nitrogen and oxygen atoms in total. The molecular weight excluding hydrogens is 604 g/mol. The summed E-state index contributed by atoms with van der Waals surface area (Å²) in [5.41, 5.74) is 3.66. The van der Waals surface area contributed by atoms with Crippen LogP contribution >= 0.6 is 0 Å². The summed E-state index contributed by atoms with van der Waals surface area (Å²) in [4.78, 5) is 0. The second-order valence-corrected chi connectivity index (χ2v) is 8.81. The zero-order valence-electron chi connectivity index (χ0n) is 21.2. The molecule has 0 heterocycles. The van der Waals surface area contributed by atoms with Gasteiger partial charge in [-0.25, -0.2) is 0 Å². The van der Waals surface area contributed by atoms with Crippen LogP contribution in [0.1, 0.15) is 96.3 Å². The normalized spacial score (nSPS) is 17.5. The Labute approximate surface area is 217 Å². The van der Waals surface area contributed by atoms with Crippen molar-refractivity contribution in [2.45, 2.75) is 93.4 Å². The molecule has 0 aromatic heterocycles. The van der Waals surface area contributed by atoms with E-state index in [2.05, 4.69) is 52.8 Å². The number of rotatable bonds is 6. The van der Waals surface area contributed by atoms with E-state index in [1.165, 1.54) is 49.3 Å². The van der Waals surface area contributed by atoms with Gasteiger partial charge in [-0.1, -0.05) is 77.5 Å². The van der Waals surface area contributed by atoms with Gasteiger partial charge in [0.25, 0.3) is 0 Å². The molecule has 1 aliphatic rings. The number of hydrogen-bond acceptors (Lipinski definition) is 2. The maximum atomic E-state index is 8.50. The standard InChI is InChI=1S/C14H26O.C9H9N.C5H10.U/c1-5-7-8-12-11-13(15-6-2)9-10-14(12,3)4;1-7-3-4-9(6-10)5-8(7)2;1-3-5-4-2;/h12H,2,5-11H2,1,3-4H3;3-5H,1-2H3;3,5H,4H2,1-2H3;/q-2;;;+2/b;;5-3+;. The maximum Gasteiger partial charge on any atom is 2.00 e. The van der Waals surface area contributed by atoms with Crippen LogP contribution in [-0.4, -0.2) is 6.61 Å². The van der Waals surface area contributed by atoms with Crippen molar-refractivity contribution in [1.29, 1.82) is 5.26 Å². The number of nitriles is 1. The zero-order valence-corrected chi connectivity index (χ0v) is 25.3. The van der Waals surface area contributed by atoms with E-state index in [0.29, 0.717) is 12.0 Å². The van der Waals surface area contributed by atoms with E-state index in [1.807, 2.05) is 39.0 Å². The maximum absolute atomic E-state index is 8.50. The van der Waals surface area contributed by atoms with Crippen molar-refractivity contribution in [2.75, 3.05) is 6.61 Å². The zero-order chi connectivity index (χ0) is 23.0. The summed E-state index contributed by atoms with van der Waals surface area (Å²) < 4.78 is 5.59. The first-order valence-electron chi connectivity index (χ1n) is 11.6. The van der Waals surface area contributed by atoms with E-state index in [-0.39, 0.29) is 31.1 Å². The number of ether oxygens (including phenoxy) is 1. The van der Waals surface area contributed by atoms with Crippen LogP contribution in [0.4, 0.5) is 0 Å². The van der Waals surface area contributed by atoms with E-state index in [0.717, 1.165) is 24.3 Å². The minimum absolute atomic E-state index is 0. The van der Waals surface area contributed by atoms with E-state index < -0.39 is 0 Å². The Balaban J connectivity index is 0. The van der Waals surface area contributed by atoms with Crippen molar-refractivity contribution < 1.29 is 35.9 Å². The molecule has 0 amide bonds. The Hall–Kier alpha value is -0.538. The van der Waals surface area contributed by atoms with Crippen LogP contribution in [0.25, 0.3) is 0 Å². The third-order valence-electron chi connectivity index (χ3n) is 5.95. The van der Waals surface area contributed by atoms with Crippen LogP contribution in [-0.2, 0) is 4.74 Å². The molecule has 0 radical (unpaired) electrons. The fourth-order valence-electron chi connectivity index (χ4n) is 3.58. The third kappa shape index (κ3) is 14.3. The van der Waals surface area contributed by atoms with Gasteiger partial charge in [0.2, 0.25) is 0 Å². The molecule has 0 saturated heterocycles. The van der Waals surface area contributed by atoms with Crippen molar-refractivity contribution in [3.05, 3.63) is 60.1 Å². The molecule has 1 aromatic carbocycles. The Bertz CT molecular complexity index is 645. The molecule has 31 heavy (non-hydrogen) atoms. The van der Waals surface area contributed by atoms with Crippen LogP contribution in [0.15, 0.2) is 30.4 Å². The minimum atomic E-state index is 0. The molecule has 1 atom stereocenters. The molecular formula is C28H45NOU. The van der Waals surface area contributed by atoms with Crippen molar-refractivity contribution in [1.82, 2.24) is 0 Å². The Morgan fingerprint density at radius 3 is 2.39 bits per heavy atom. The smallest absolute Gasteiger partial charge is 0.575 e. The molecule has 1 fully saturated rings. The SMILES string of the molecule is C/C=C/CC.Cc1ccc(C#N)cc1C.[CH2-]CO[C-]1CCC(C)(C)C(CCCC)C1.[U+2]. The Morgan fingerprint density at radius 1 is 1.26 bits per heavy atom. The molecule has 172 valence electrons. The summed E-state index contributed by atoms with van der Waals surface area (Å²) in [5.74, 6) is 0.813. The van der Waals surface area contributed by atoms with E-state index in [9.17, 15) is 0 Å². The molecule has 3 heteroatoms. The fraction of sp³-hybridized carbons (Fsp3) is 0.607. The van der Waals surface area contributed by atoms with Gasteiger partial charge in [0.05, 0.1) is 11.6 Å². The first kappa shape index (κ1) is 32.6. The van der Waals surface area contributed by atoms with Crippen LogP contribution in [0.3, 0.4) is 0 Å². The summed E-state index contributed by atoms with van der Waals surface area (Å²) in [5, 5.41) is 8.50. The monoisotopic (exact) mass is 649 g/mol. The van der Waals surface area contributed by atoms with E-state index >= 15 is 0 Å². The summed E-state index contributed by atoms with van der Waals surface area (Å²) >= 11 is 0. The topological polar surface area (TPSA) is 33.0 Å². The predicted molar refractivity (Wildman–Crippen MR) is 131 cm³/mol. The molecule has 2 rings (SSSR count). The van der Waals surface area contributed by atoms with Gasteiger partial charge in [0, 0.05) is 0 Å². The quantitative estimate of drug-likeness (QED) is 0.229. The molecule has 0 aliphatic heterocycles. The summed E-state index contributed by atoms with van der Waals surface area (Å²) in [6, 6.07) is 7.79. The van der Waals surface area contributed by atoms with Crippen molar-refractivity contribution >= 4 is 0 Å². The molecule has 1 aromatic rings. The third-order valence-corrected chi connectivity index (χ3v) is 5.95. The average Bonchev–Trinajstić information content (AvgIpc) is 2.72. The summed E-state index contributed by atoms with van der Waals surface area (Å²) in [6.45, 7) is 19.7. The molecule has 0 bridgehead atoms. The number of nitrogens with zero attached hydrogens (tertiary/aromatic N) is 1. The van der Waals surface area contributed by atoms with E-state index in [1.54, 1.807) is 0 Å². The van der Waals surface area contributed by atoms with Crippen LogP contribution in [0.2, 0.25) is 0 Å². The minimum Gasteiger partial charge on any atom is -0.575 e. The summed E-state index contributed by atoms with van der Waals surface area (Å²) in [6.07, 6.45) is 14.2. The van der Waals surface area contributed by atoms with Gasteiger partial charge in [-0.15, -0.1) is 6.61 Å². The molecule has 0 N–H and O–H groups in total. The number of hydrogen-bond donors (Lipinski definition) is 0. The van der Waals surface area contributed by atoms with Gasteiger partial charge in [0.15, 0.2) is 0 Å². The molecule has 1 aliphatic carbocycles. The largest absolute Gasteiger partial charge is 2.00 e. The average molecular weight is 650 g/mol. The van der Waals surface area contributed by atoms with Gasteiger partial charge in [-0.2, -0.15) is 24.2 Å². The second-order valence-electron chi connectivity index (χ2n) is 8.81. The first-order valence-corrected chi connectivity index (χ1v) is 11.6. The van der Waals surface area contributed by atoms with Gasteiger partial charge < -0.3 is 11.7 Å². The Kier molecular flexibility index (Phi) is 20.0.